The molecule has 1 saturated heterocycles. The topological polar surface area (TPSA) is 117 Å². The van der Waals surface area contributed by atoms with Crippen LogP contribution in [0.3, 0.4) is 0 Å². The Labute approximate surface area is 161 Å². The fourth-order valence-electron chi connectivity index (χ4n) is 2.82. The Morgan fingerprint density at radius 3 is 2.11 bits per heavy atom. The second-order valence-electron chi connectivity index (χ2n) is 6.23. The first-order valence-electron chi connectivity index (χ1n) is 8.41. The molecule has 0 amide bonds. The highest BCUT2D eigenvalue weighted by molar-refractivity contribution is 7.89. The zero-order chi connectivity index (χ0) is 20.2. The van der Waals surface area contributed by atoms with Crippen molar-refractivity contribution in [1.82, 2.24) is 4.72 Å². The van der Waals surface area contributed by atoms with Crippen LogP contribution in [0.1, 0.15) is 12.8 Å². The fraction of sp³-hybridized carbons (Fsp3) is 0.278. The summed E-state index contributed by atoms with van der Waals surface area (Å²) in [7, 11) is -4.04. The molecule has 0 unspecified atom stereocenters. The van der Waals surface area contributed by atoms with Gasteiger partial charge in [-0.05, 0) is 48.5 Å². The van der Waals surface area contributed by atoms with Gasteiger partial charge in [0.05, 0.1) is 4.90 Å². The van der Waals surface area contributed by atoms with E-state index in [9.17, 15) is 17.6 Å². The maximum Gasteiger partial charge on any atom is 0.345 e. The van der Waals surface area contributed by atoms with E-state index in [-0.39, 0.29) is 31.0 Å². The van der Waals surface area contributed by atoms with E-state index in [1.54, 1.807) is 0 Å². The summed E-state index contributed by atoms with van der Waals surface area (Å²) in [6, 6.07) is 11.0. The molecule has 2 aromatic rings. The molecule has 3 N–H and O–H groups in total. The zero-order valence-corrected chi connectivity index (χ0v) is 15.6. The summed E-state index contributed by atoms with van der Waals surface area (Å²) >= 11 is 0. The predicted molar refractivity (Wildman–Crippen MR) is 96.3 cm³/mol. The minimum absolute atomic E-state index is 0.0605. The van der Waals surface area contributed by atoms with Gasteiger partial charge in [0.15, 0.2) is 0 Å². The van der Waals surface area contributed by atoms with Gasteiger partial charge in [0.2, 0.25) is 10.0 Å². The Hall–Kier alpha value is -2.53. The van der Waals surface area contributed by atoms with Crippen LogP contribution in [0.4, 0.5) is 4.39 Å². The number of sulfonamides is 1. The largest absolute Gasteiger partial charge is 0.457 e. The highest BCUT2D eigenvalue weighted by Crippen LogP contribution is 2.27. The number of carbonyl (C=O) groups is 1. The molecule has 150 valence electrons. The molecule has 1 fully saturated rings. The highest BCUT2D eigenvalue weighted by Gasteiger charge is 2.45. The van der Waals surface area contributed by atoms with Crippen LogP contribution in [-0.2, 0) is 24.4 Å². The molecule has 1 aliphatic rings. The average molecular weight is 410 g/mol. The van der Waals surface area contributed by atoms with Gasteiger partial charge in [0.1, 0.15) is 22.9 Å². The van der Waals surface area contributed by atoms with Crippen molar-refractivity contribution in [2.24, 2.45) is 5.90 Å². The maximum absolute atomic E-state index is 12.9. The van der Waals surface area contributed by atoms with Gasteiger partial charge in [-0.25, -0.2) is 17.6 Å². The number of halogens is 1. The van der Waals surface area contributed by atoms with Crippen molar-refractivity contribution in [2.75, 3.05) is 13.2 Å². The summed E-state index contributed by atoms with van der Waals surface area (Å²) in [5.41, 5.74) is -1.48. The molecular weight excluding hydrogens is 391 g/mol. The van der Waals surface area contributed by atoms with Crippen molar-refractivity contribution in [3.8, 4) is 11.5 Å². The first-order valence-corrected chi connectivity index (χ1v) is 9.89. The van der Waals surface area contributed by atoms with Crippen LogP contribution in [0.25, 0.3) is 0 Å². The van der Waals surface area contributed by atoms with Crippen molar-refractivity contribution in [2.45, 2.75) is 23.3 Å². The number of rotatable bonds is 6. The molecule has 0 atom stereocenters. The Kier molecular flexibility index (Phi) is 5.94. The van der Waals surface area contributed by atoms with Crippen LogP contribution < -0.4 is 15.4 Å². The number of nitrogens with two attached hydrogens (primary N) is 1. The number of hydrogen-bond donors (Lipinski definition) is 2. The van der Waals surface area contributed by atoms with Crippen molar-refractivity contribution >= 4 is 16.0 Å². The number of benzene rings is 2. The van der Waals surface area contributed by atoms with Crippen LogP contribution in [0.2, 0.25) is 0 Å². The standard InChI is InChI=1S/C18H19FN2O6S/c19-13-1-3-14(4-2-13)26-15-5-7-16(8-6-15)28(23,24)21-18(17(22)27-20)9-11-25-12-10-18/h1-8,21H,9-12,20H2. The molecule has 10 heteroatoms. The third kappa shape index (κ3) is 4.47. The minimum atomic E-state index is -4.04. The lowest BCUT2D eigenvalue weighted by Crippen LogP contribution is -2.58. The molecule has 2 aromatic carbocycles. The molecule has 0 aliphatic carbocycles. The minimum Gasteiger partial charge on any atom is -0.457 e. The molecule has 0 bridgehead atoms. The third-order valence-electron chi connectivity index (χ3n) is 4.36. The number of nitrogens with one attached hydrogen (secondary N) is 1. The first kappa shape index (κ1) is 20.2. The number of hydrogen-bond acceptors (Lipinski definition) is 7. The van der Waals surface area contributed by atoms with Crippen molar-refractivity contribution < 1.29 is 31.9 Å². The van der Waals surface area contributed by atoms with Crippen molar-refractivity contribution in [1.29, 1.82) is 0 Å². The van der Waals surface area contributed by atoms with E-state index in [4.69, 9.17) is 15.4 Å². The van der Waals surface area contributed by atoms with E-state index in [1.165, 1.54) is 48.5 Å². The van der Waals surface area contributed by atoms with E-state index in [0.29, 0.717) is 11.5 Å². The third-order valence-corrected chi connectivity index (χ3v) is 5.91. The van der Waals surface area contributed by atoms with Gasteiger partial charge in [-0.3, -0.25) is 0 Å². The predicted octanol–water partition coefficient (Wildman–Crippen LogP) is 1.86. The molecule has 0 aromatic heterocycles. The summed E-state index contributed by atoms with van der Waals surface area (Å²) < 4.78 is 51.6. The maximum atomic E-state index is 12.9. The van der Waals surface area contributed by atoms with Crippen LogP contribution in [0, 0.1) is 5.82 Å². The quantitative estimate of drug-likeness (QED) is 0.698. The second kappa shape index (κ2) is 8.23. The van der Waals surface area contributed by atoms with Gasteiger partial charge in [0.25, 0.3) is 0 Å². The molecule has 8 nitrogen and oxygen atoms in total. The normalized spacial score (nSPS) is 16.4. The monoisotopic (exact) mass is 410 g/mol. The Bertz CT molecular complexity index is 926. The van der Waals surface area contributed by atoms with E-state index < -0.39 is 27.3 Å². The van der Waals surface area contributed by atoms with E-state index in [1.807, 2.05) is 0 Å². The molecule has 0 radical (unpaired) electrons. The van der Waals surface area contributed by atoms with Gasteiger partial charge in [-0.1, -0.05) is 0 Å². The molecule has 28 heavy (non-hydrogen) atoms. The Balaban J connectivity index is 1.77. The highest BCUT2D eigenvalue weighted by atomic mass is 32.2. The summed E-state index contributed by atoms with van der Waals surface area (Å²) in [4.78, 5) is 16.3. The molecule has 1 aliphatic heterocycles. The van der Waals surface area contributed by atoms with Gasteiger partial charge in [-0.2, -0.15) is 10.6 Å². The smallest absolute Gasteiger partial charge is 0.345 e. The summed E-state index contributed by atoms with van der Waals surface area (Å²) in [6.07, 6.45) is 0.210. The van der Waals surface area contributed by atoms with Gasteiger partial charge >= 0.3 is 5.97 Å². The van der Waals surface area contributed by atoms with E-state index in [0.717, 1.165) is 0 Å². The summed E-state index contributed by atoms with van der Waals surface area (Å²) in [5.74, 6) is 4.50. The van der Waals surface area contributed by atoms with Gasteiger partial charge in [0, 0.05) is 26.1 Å². The fourth-order valence-corrected chi connectivity index (χ4v) is 4.24. The van der Waals surface area contributed by atoms with Crippen LogP contribution in [-0.4, -0.2) is 33.1 Å². The molecular formula is C18H19FN2O6S. The Morgan fingerprint density at radius 1 is 1.04 bits per heavy atom. The first-order chi connectivity index (χ1) is 13.3. The molecule has 0 spiro atoms. The number of carbonyl (C=O) groups excluding carboxylic acids is 1. The lowest BCUT2D eigenvalue weighted by atomic mass is 9.92. The Morgan fingerprint density at radius 2 is 1.57 bits per heavy atom. The SMILES string of the molecule is NOC(=O)C1(NS(=O)(=O)c2ccc(Oc3ccc(F)cc3)cc2)CCOCC1. The van der Waals surface area contributed by atoms with E-state index in [2.05, 4.69) is 9.56 Å². The zero-order valence-electron chi connectivity index (χ0n) is 14.8. The van der Waals surface area contributed by atoms with Crippen LogP contribution in [0.5, 0.6) is 11.5 Å². The van der Waals surface area contributed by atoms with Crippen LogP contribution >= 0.6 is 0 Å². The molecule has 1 heterocycles. The van der Waals surface area contributed by atoms with Crippen LogP contribution in [0.15, 0.2) is 53.4 Å². The van der Waals surface area contributed by atoms with Gasteiger partial charge in [-0.15, -0.1) is 0 Å². The lowest BCUT2D eigenvalue weighted by Gasteiger charge is -2.34. The summed E-state index contributed by atoms with van der Waals surface area (Å²) in [6.45, 7) is 0.393. The lowest BCUT2D eigenvalue weighted by molar-refractivity contribution is -0.155. The second-order valence-corrected chi connectivity index (χ2v) is 7.92. The summed E-state index contributed by atoms with van der Waals surface area (Å²) in [5, 5.41) is 0. The van der Waals surface area contributed by atoms with Crippen molar-refractivity contribution in [3.63, 3.8) is 0 Å². The average Bonchev–Trinajstić information content (AvgIpc) is 2.70. The van der Waals surface area contributed by atoms with Gasteiger partial charge < -0.3 is 14.3 Å². The van der Waals surface area contributed by atoms with Crippen molar-refractivity contribution in [3.05, 3.63) is 54.3 Å². The number of ether oxygens (including phenoxy) is 2. The van der Waals surface area contributed by atoms with E-state index >= 15 is 0 Å². The molecule has 0 saturated carbocycles. The molecule has 3 rings (SSSR count).